The van der Waals surface area contributed by atoms with Gasteiger partial charge >= 0.3 is 6.03 Å². The minimum absolute atomic E-state index is 0.0967. The van der Waals surface area contributed by atoms with E-state index in [2.05, 4.69) is 25.7 Å². The number of aromatic nitrogens is 4. The number of carbonyl (C=O) groups is 1. The van der Waals surface area contributed by atoms with E-state index in [-0.39, 0.29) is 17.1 Å². The van der Waals surface area contributed by atoms with Gasteiger partial charge in [-0.15, -0.1) is 0 Å². The maximum atomic E-state index is 13.5. The highest BCUT2D eigenvalue weighted by Crippen LogP contribution is 2.28. The number of halogens is 2. The summed E-state index contributed by atoms with van der Waals surface area (Å²) in [5.74, 6) is -0.577. The number of hydrogen-bond donors (Lipinski definition) is 3. The van der Waals surface area contributed by atoms with Gasteiger partial charge in [0.05, 0.1) is 23.8 Å². The summed E-state index contributed by atoms with van der Waals surface area (Å²) in [6, 6.07) is 10.2. The third kappa shape index (κ3) is 4.26. The molecule has 2 aromatic heterocycles. The largest absolute Gasteiger partial charge is 0.328 e. The zero-order valence-electron chi connectivity index (χ0n) is 16.4. The minimum Gasteiger partial charge on any atom is -0.328 e. The van der Waals surface area contributed by atoms with Crippen molar-refractivity contribution < 1.29 is 9.18 Å². The molecule has 1 atom stereocenters. The van der Waals surface area contributed by atoms with E-state index in [4.69, 9.17) is 11.6 Å². The Balaban J connectivity index is 1.71. The second-order valence-corrected chi connectivity index (χ2v) is 7.35. The van der Waals surface area contributed by atoms with E-state index >= 15 is 0 Å². The summed E-state index contributed by atoms with van der Waals surface area (Å²) in [6.07, 6.45) is 3.12. The lowest BCUT2D eigenvalue weighted by molar-refractivity contribution is 0.188. The summed E-state index contributed by atoms with van der Waals surface area (Å²) in [6.45, 7) is 1.99. The molecule has 31 heavy (non-hydrogen) atoms. The van der Waals surface area contributed by atoms with Crippen LogP contribution in [-0.4, -0.2) is 31.3 Å². The summed E-state index contributed by atoms with van der Waals surface area (Å²) >= 11 is 5.83. The number of hydrogen-bond acceptors (Lipinski definition) is 4. The lowest BCUT2D eigenvalue weighted by Crippen LogP contribution is -2.37. The Hall–Kier alpha value is -3.72. The van der Waals surface area contributed by atoms with Gasteiger partial charge in [-0.05, 0) is 42.1 Å². The molecular weight excluding hydrogens is 423 g/mol. The maximum Gasteiger partial charge on any atom is 0.322 e. The number of H-pyrrole nitrogens is 2. The molecule has 2 heterocycles. The first-order chi connectivity index (χ1) is 14.9. The van der Waals surface area contributed by atoms with Gasteiger partial charge in [-0.3, -0.25) is 4.79 Å². The Morgan fingerprint density at radius 3 is 2.74 bits per heavy atom. The van der Waals surface area contributed by atoms with Crippen LogP contribution in [0.3, 0.4) is 0 Å². The van der Waals surface area contributed by atoms with Gasteiger partial charge < -0.3 is 15.2 Å². The molecule has 0 radical (unpaired) electrons. The van der Waals surface area contributed by atoms with Crippen molar-refractivity contribution in [3.63, 3.8) is 0 Å². The summed E-state index contributed by atoms with van der Waals surface area (Å²) in [5.41, 5.74) is 1.44. The number of aromatic amines is 2. The molecule has 0 saturated carbocycles. The topological polar surface area (TPSA) is 107 Å². The highest BCUT2D eigenvalue weighted by Gasteiger charge is 2.25. The number of nitrogens with one attached hydrogen (secondary N) is 3. The van der Waals surface area contributed by atoms with Crippen molar-refractivity contribution in [1.82, 2.24) is 25.3 Å². The average Bonchev–Trinajstić information content (AvgIpc) is 3.28. The van der Waals surface area contributed by atoms with E-state index in [9.17, 15) is 14.0 Å². The van der Waals surface area contributed by atoms with E-state index in [1.807, 2.05) is 19.1 Å². The standard InChI is InChI=1S/C21H18ClFN6O2/c1-12(17-10-24-20(30)16-5-3-2-4-15(16)17)29(11-14-9-25-28-27-14)21(31)26-13-6-7-19(23)18(22)8-13/h2-10,12H,11H2,1H3,(H,24,30)(H,26,31)(H,25,27,28)/t12-/m0/s1. The molecule has 0 saturated heterocycles. The van der Waals surface area contributed by atoms with Crippen LogP contribution in [0.1, 0.15) is 24.2 Å². The molecule has 4 aromatic rings. The van der Waals surface area contributed by atoms with Gasteiger partial charge in [0, 0.05) is 17.3 Å². The molecule has 0 unspecified atom stereocenters. The van der Waals surface area contributed by atoms with Crippen molar-refractivity contribution in [2.45, 2.75) is 19.5 Å². The van der Waals surface area contributed by atoms with E-state index in [0.717, 1.165) is 10.9 Å². The summed E-state index contributed by atoms with van der Waals surface area (Å²) < 4.78 is 13.5. The van der Waals surface area contributed by atoms with Gasteiger partial charge in [0.2, 0.25) is 0 Å². The minimum atomic E-state index is -0.577. The van der Waals surface area contributed by atoms with Crippen LogP contribution in [-0.2, 0) is 6.54 Å². The van der Waals surface area contributed by atoms with Gasteiger partial charge in [-0.2, -0.15) is 15.4 Å². The normalized spacial score (nSPS) is 12.0. The highest BCUT2D eigenvalue weighted by atomic mass is 35.5. The quantitative estimate of drug-likeness (QED) is 0.431. The van der Waals surface area contributed by atoms with Gasteiger partial charge in [-0.1, -0.05) is 29.8 Å². The third-order valence-corrected chi connectivity index (χ3v) is 5.28. The first kappa shape index (κ1) is 20.5. The van der Waals surface area contributed by atoms with Gasteiger partial charge in [0.1, 0.15) is 11.5 Å². The number of nitrogens with zero attached hydrogens (tertiary/aromatic N) is 3. The number of rotatable bonds is 5. The van der Waals surface area contributed by atoms with Gasteiger partial charge in [0.25, 0.3) is 5.56 Å². The average molecular weight is 441 g/mol. The molecule has 0 aliphatic rings. The molecular formula is C21H18ClFN6O2. The van der Waals surface area contributed by atoms with Crippen molar-refractivity contribution in [1.29, 1.82) is 0 Å². The van der Waals surface area contributed by atoms with E-state index in [1.54, 1.807) is 18.3 Å². The van der Waals surface area contributed by atoms with Crippen LogP contribution < -0.4 is 10.9 Å². The Bertz CT molecular complexity index is 1290. The predicted octanol–water partition coefficient (Wildman–Crippen LogP) is 4.23. The Kier molecular flexibility index (Phi) is 5.68. The van der Waals surface area contributed by atoms with Crippen LogP contribution in [0.25, 0.3) is 10.8 Å². The summed E-state index contributed by atoms with van der Waals surface area (Å²) in [5, 5.41) is 14.3. The Morgan fingerprint density at radius 2 is 2.03 bits per heavy atom. The highest BCUT2D eigenvalue weighted by molar-refractivity contribution is 6.31. The van der Waals surface area contributed by atoms with Crippen LogP contribution in [0.5, 0.6) is 0 Å². The van der Waals surface area contributed by atoms with Crippen LogP contribution in [0, 0.1) is 5.82 Å². The molecule has 2 aromatic carbocycles. The van der Waals surface area contributed by atoms with Crippen LogP contribution >= 0.6 is 11.6 Å². The van der Waals surface area contributed by atoms with E-state index in [0.29, 0.717) is 16.8 Å². The fraction of sp³-hybridized carbons (Fsp3) is 0.143. The Morgan fingerprint density at radius 1 is 1.26 bits per heavy atom. The molecule has 0 aliphatic heterocycles. The molecule has 8 nitrogen and oxygen atoms in total. The lowest BCUT2D eigenvalue weighted by Gasteiger charge is -2.29. The number of amides is 2. The molecule has 0 aliphatic carbocycles. The first-order valence-corrected chi connectivity index (χ1v) is 9.79. The maximum absolute atomic E-state index is 13.5. The number of benzene rings is 2. The molecule has 10 heteroatoms. The van der Waals surface area contributed by atoms with Crippen LogP contribution in [0.4, 0.5) is 14.9 Å². The molecule has 4 rings (SSSR count). The molecule has 0 fully saturated rings. The smallest absolute Gasteiger partial charge is 0.322 e. The number of carbonyl (C=O) groups excluding carboxylic acids is 1. The van der Waals surface area contributed by atoms with Gasteiger partial charge in [0.15, 0.2) is 0 Å². The van der Waals surface area contributed by atoms with Crippen molar-refractivity contribution >= 4 is 34.1 Å². The van der Waals surface area contributed by atoms with Crippen molar-refractivity contribution in [3.05, 3.63) is 87.3 Å². The van der Waals surface area contributed by atoms with Crippen LogP contribution in [0.15, 0.2) is 59.7 Å². The lowest BCUT2D eigenvalue weighted by atomic mass is 10.0. The zero-order valence-corrected chi connectivity index (χ0v) is 17.2. The van der Waals surface area contributed by atoms with Crippen molar-refractivity contribution in [2.24, 2.45) is 0 Å². The first-order valence-electron chi connectivity index (χ1n) is 9.41. The van der Waals surface area contributed by atoms with Crippen LogP contribution in [0.2, 0.25) is 5.02 Å². The molecule has 3 N–H and O–H groups in total. The number of fused-ring (bicyclic) bond motifs is 1. The molecule has 0 bridgehead atoms. The zero-order chi connectivity index (χ0) is 22.0. The van der Waals surface area contributed by atoms with Crippen molar-refractivity contribution in [3.8, 4) is 0 Å². The second-order valence-electron chi connectivity index (χ2n) is 6.94. The predicted molar refractivity (Wildman–Crippen MR) is 115 cm³/mol. The van der Waals surface area contributed by atoms with Gasteiger partial charge in [-0.25, -0.2) is 9.18 Å². The fourth-order valence-corrected chi connectivity index (χ4v) is 3.56. The van der Waals surface area contributed by atoms with Crippen molar-refractivity contribution in [2.75, 3.05) is 5.32 Å². The molecule has 2 amide bonds. The monoisotopic (exact) mass is 440 g/mol. The van der Waals surface area contributed by atoms with E-state index < -0.39 is 17.9 Å². The SMILES string of the molecule is C[C@@H](c1c[nH]c(=O)c2ccccc12)N(Cc1cn[nH]n1)C(=O)Nc1ccc(F)c(Cl)c1. The fourth-order valence-electron chi connectivity index (χ4n) is 3.38. The third-order valence-electron chi connectivity index (χ3n) is 4.99. The van der Waals surface area contributed by atoms with E-state index in [1.165, 1.54) is 29.3 Å². The number of urea groups is 1. The molecule has 158 valence electrons. The summed E-state index contributed by atoms with van der Waals surface area (Å²) in [7, 11) is 0. The number of pyridine rings is 1. The number of anilines is 1. The summed E-state index contributed by atoms with van der Waals surface area (Å²) in [4.78, 5) is 29.7. The Labute approximate surface area is 181 Å². The second kappa shape index (κ2) is 8.57. The molecule has 0 spiro atoms.